The fourth-order valence-electron chi connectivity index (χ4n) is 2.00. The highest BCUT2D eigenvalue weighted by molar-refractivity contribution is 5.17. The van der Waals surface area contributed by atoms with Crippen LogP contribution in [0.2, 0.25) is 0 Å². The van der Waals surface area contributed by atoms with Crippen LogP contribution in [-0.2, 0) is 0 Å². The Morgan fingerprint density at radius 3 is 2.42 bits per heavy atom. The number of allylic oxidation sites excluding steroid dienone is 1. The van der Waals surface area contributed by atoms with Crippen LogP contribution in [-0.4, -0.2) is 11.2 Å². The Labute approximate surface area is 75.5 Å². The van der Waals surface area contributed by atoms with Crippen LogP contribution in [0.1, 0.15) is 40.5 Å². The molecule has 70 valence electrons. The van der Waals surface area contributed by atoms with Gasteiger partial charge in [0.15, 0.2) is 0 Å². The average Bonchev–Trinajstić information content (AvgIpc) is 2.03. The van der Waals surface area contributed by atoms with Gasteiger partial charge in [0.25, 0.3) is 0 Å². The maximum Gasteiger partial charge on any atom is 0.0755 e. The van der Waals surface area contributed by atoms with Crippen molar-refractivity contribution < 1.29 is 5.11 Å². The molecule has 0 radical (unpaired) electrons. The zero-order valence-electron chi connectivity index (χ0n) is 8.59. The molecule has 1 rings (SSSR count). The van der Waals surface area contributed by atoms with Crippen molar-refractivity contribution in [1.29, 1.82) is 0 Å². The molecule has 1 atom stereocenters. The first-order chi connectivity index (χ1) is 5.41. The number of hydrogen-bond acceptors (Lipinski definition) is 1. The Balaban J connectivity index is 2.70. The van der Waals surface area contributed by atoms with Gasteiger partial charge < -0.3 is 5.11 Å². The minimum absolute atomic E-state index is 0.178. The van der Waals surface area contributed by atoms with Crippen LogP contribution in [0.15, 0.2) is 11.6 Å². The van der Waals surface area contributed by atoms with Gasteiger partial charge in [0, 0.05) is 0 Å². The van der Waals surface area contributed by atoms with E-state index in [4.69, 9.17) is 0 Å². The lowest BCUT2D eigenvalue weighted by molar-refractivity contribution is 0.190. The molecule has 1 N–H and O–H groups in total. The van der Waals surface area contributed by atoms with Crippen molar-refractivity contribution in [2.45, 2.75) is 46.6 Å². The van der Waals surface area contributed by atoms with E-state index in [0.717, 1.165) is 12.8 Å². The fourth-order valence-corrected chi connectivity index (χ4v) is 2.00. The molecule has 0 aromatic rings. The second-order valence-electron chi connectivity index (χ2n) is 5.05. The molecule has 1 heteroatoms. The third kappa shape index (κ3) is 2.34. The van der Waals surface area contributed by atoms with Crippen molar-refractivity contribution in [3.05, 3.63) is 11.6 Å². The quantitative estimate of drug-likeness (QED) is 0.597. The van der Waals surface area contributed by atoms with Crippen molar-refractivity contribution >= 4 is 0 Å². The molecule has 1 saturated carbocycles. The Morgan fingerprint density at radius 1 is 1.50 bits per heavy atom. The molecule has 0 aliphatic heterocycles. The zero-order chi connectivity index (χ0) is 9.35. The molecular weight excluding hydrogens is 148 g/mol. The van der Waals surface area contributed by atoms with Crippen LogP contribution < -0.4 is 0 Å². The number of rotatable bonds is 1. The second kappa shape index (κ2) is 3.21. The average molecular weight is 168 g/mol. The first kappa shape index (κ1) is 9.79. The van der Waals surface area contributed by atoms with Crippen molar-refractivity contribution in [3.8, 4) is 0 Å². The van der Waals surface area contributed by atoms with Crippen molar-refractivity contribution in [2.75, 3.05) is 0 Å². The van der Waals surface area contributed by atoms with E-state index in [0.29, 0.717) is 11.3 Å². The van der Waals surface area contributed by atoms with Crippen LogP contribution in [0.3, 0.4) is 0 Å². The highest BCUT2D eigenvalue weighted by Gasteiger charge is 2.33. The van der Waals surface area contributed by atoms with E-state index < -0.39 is 0 Å². The standard InChI is InChI=1S/C11H20O/c1-8(2)5-9-6-11(3,4)7-10(9)12/h5,8,10,12H,6-7H2,1-4H3/b9-5-. The molecule has 0 heterocycles. The highest BCUT2D eigenvalue weighted by Crippen LogP contribution is 2.40. The van der Waals surface area contributed by atoms with E-state index in [-0.39, 0.29) is 6.10 Å². The molecule has 1 fully saturated rings. The lowest BCUT2D eigenvalue weighted by atomic mass is 9.91. The molecule has 0 spiro atoms. The summed E-state index contributed by atoms with van der Waals surface area (Å²) < 4.78 is 0. The molecule has 1 unspecified atom stereocenters. The van der Waals surface area contributed by atoms with Crippen LogP contribution >= 0.6 is 0 Å². The van der Waals surface area contributed by atoms with Crippen LogP contribution in [0, 0.1) is 11.3 Å². The topological polar surface area (TPSA) is 20.2 Å². The Morgan fingerprint density at radius 2 is 2.08 bits per heavy atom. The maximum absolute atomic E-state index is 9.71. The summed E-state index contributed by atoms with van der Waals surface area (Å²) in [6, 6.07) is 0. The lowest BCUT2D eigenvalue weighted by Crippen LogP contribution is -2.07. The Bertz CT molecular complexity index is 189. The number of aliphatic hydroxyl groups is 1. The Kier molecular flexibility index (Phi) is 2.62. The smallest absolute Gasteiger partial charge is 0.0755 e. The van der Waals surface area contributed by atoms with Gasteiger partial charge in [-0.2, -0.15) is 0 Å². The monoisotopic (exact) mass is 168 g/mol. The number of hydrogen-bond donors (Lipinski definition) is 1. The molecule has 0 aromatic carbocycles. The van der Waals surface area contributed by atoms with Gasteiger partial charge in [0.1, 0.15) is 0 Å². The third-order valence-electron chi connectivity index (χ3n) is 2.40. The molecule has 0 saturated heterocycles. The molecular formula is C11H20O. The molecule has 0 aromatic heterocycles. The summed E-state index contributed by atoms with van der Waals surface area (Å²) in [6.45, 7) is 8.75. The van der Waals surface area contributed by atoms with E-state index in [1.54, 1.807) is 0 Å². The van der Waals surface area contributed by atoms with Crippen molar-refractivity contribution in [3.63, 3.8) is 0 Å². The summed E-state index contributed by atoms with van der Waals surface area (Å²) in [5.41, 5.74) is 1.55. The van der Waals surface area contributed by atoms with Gasteiger partial charge in [-0.3, -0.25) is 0 Å². The predicted octanol–water partition coefficient (Wildman–Crippen LogP) is 2.75. The summed E-state index contributed by atoms with van der Waals surface area (Å²) in [5, 5.41) is 9.71. The van der Waals surface area contributed by atoms with Crippen molar-refractivity contribution in [2.24, 2.45) is 11.3 Å². The summed E-state index contributed by atoms with van der Waals surface area (Å²) in [5.74, 6) is 0.559. The van der Waals surface area contributed by atoms with E-state index in [1.165, 1.54) is 5.57 Å². The van der Waals surface area contributed by atoms with Gasteiger partial charge in [-0.1, -0.05) is 33.8 Å². The normalized spacial score (nSPS) is 31.8. The number of aliphatic hydroxyl groups excluding tert-OH is 1. The van der Waals surface area contributed by atoms with Crippen LogP contribution in [0.4, 0.5) is 0 Å². The summed E-state index contributed by atoms with van der Waals surface area (Å²) in [6.07, 6.45) is 4.01. The minimum Gasteiger partial charge on any atom is -0.389 e. The predicted molar refractivity (Wildman–Crippen MR) is 51.9 cm³/mol. The van der Waals surface area contributed by atoms with Gasteiger partial charge in [-0.05, 0) is 29.7 Å². The summed E-state index contributed by atoms with van der Waals surface area (Å²) in [7, 11) is 0. The van der Waals surface area contributed by atoms with E-state index in [9.17, 15) is 5.11 Å². The molecule has 12 heavy (non-hydrogen) atoms. The van der Waals surface area contributed by atoms with E-state index in [1.807, 2.05) is 0 Å². The van der Waals surface area contributed by atoms with Crippen molar-refractivity contribution in [1.82, 2.24) is 0 Å². The largest absolute Gasteiger partial charge is 0.389 e. The zero-order valence-corrected chi connectivity index (χ0v) is 8.59. The molecule has 0 bridgehead atoms. The second-order valence-corrected chi connectivity index (χ2v) is 5.05. The van der Waals surface area contributed by atoms with E-state index in [2.05, 4.69) is 33.8 Å². The molecule has 1 aliphatic carbocycles. The fraction of sp³-hybridized carbons (Fsp3) is 0.818. The SMILES string of the molecule is CC(C)/C=C1/CC(C)(C)CC1O. The maximum atomic E-state index is 9.71. The van der Waals surface area contributed by atoms with Crippen LogP contribution in [0.25, 0.3) is 0 Å². The first-order valence-electron chi connectivity index (χ1n) is 4.79. The molecule has 0 amide bonds. The minimum atomic E-state index is -0.178. The first-order valence-corrected chi connectivity index (χ1v) is 4.79. The highest BCUT2D eigenvalue weighted by atomic mass is 16.3. The van der Waals surface area contributed by atoms with Gasteiger partial charge in [0.05, 0.1) is 6.10 Å². The van der Waals surface area contributed by atoms with Gasteiger partial charge >= 0.3 is 0 Å². The van der Waals surface area contributed by atoms with Crippen LogP contribution in [0.5, 0.6) is 0 Å². The molecule has 1 nitrogen and oxygen atoms in total. The molecule has 1 aliphatic rings. The Hall–Kier alpha value is -0.300. The van der Waals surface area contributed by atoms with Gasteiger partial charge in [0.2, 0.25) is 0 Å². The van der Waals surface area contributed by atoms with Gasteiger partial charge in [-0.15, -0.1) is 0 Å². The van der Waals surface area contributed by atoms with E-state index >= 15 is 0 Å². The third-order valence-corrected chi connectivity index (χ3v) is 2.40. The van der Waals surface area contributed by atoms with Gasteiger partial charge in [-0.25, -0.2) is 0 Å². The lowest BCUT2D eigenvalue weighted by Gasteiger charge is -2.14. The summed E-state index contributed by atoms with van der Waals surface area (Å²) in [4.78, 5) is 0. The summed E-state index contributed by atoms with van der Waals surface area (Å²) >= 11 is 0.